The monoisotopic (exact) mass is 380 g/mol. The third kappa shape index (κ3) is 7.84. The third-order valence-electron chi connectivity index (χ3n) is 4.77. The minimum Gasteiger partial charge on any atom is -0.491 e. The number of carbonyl (C=O) groups excluding carboxylic acids is 1. The zero-order valence-corrected chi connectivity index (χ0v) is 16.1. The van der Waals surface area contributed by atoms with Crippen molar-refractivity contribution in [3.05, 3.63) is 29.8 Å². The van der Waals surface area contributed by atoms with E-state index in [2.05, 4.69) is 10.2 Å². The molecule has 7 heteroatoms. The second-order valence-electron chi connectivity index (χ2n) is 6.96. The Bertz CT molecular complexity index is 561. The van der Waals surface area contributed by atoms with Crippen LogP contribution >= 0.6 is 0 Å². The van der Waals surface area contributed by atoms with Gasteiger partial charge in [0.05, 0.1) is 13.0 Å². The lowest BCUT2D eigenvalue weighted by atomic mass is 9.97. The molecule has 1 fully saturated rings. The molecule has 27 heavy (non-hydrogen) atoms. The van der Waals surface area contributed by atoms with Crippen molar-refractivity contribution < 1.29 is 24.5 Å². The summed E-state index contributed by atoms with van der Waals surface area (Å²) in [7, 11) is 1.43. The lowest BCUT2D eigenvalue weighted by molar-refractivity contribution is -0.147. The highest BCUT2D eigenvalue weighted by atomic mass is 16.5. The van der Waals surface area contributed by atoms with Gasteiger partial charge in [-0.25, -0.2) is 0 Å². The summed E-state index contributed by atoms with van der Waals surface area (Å²) < 4.78 is 10.5. The third-order valence-corrected chi connectivity index (χ3v) is 4.77. The van der Waals surface area contributed by atoms with Crippen molar-refractivity contribution in [1.82, 2.24) is 10.2 Å². The summed E-state index contributed by atoms with van der Waals surface area (Å²) in [5.41, 5.74) is 1.10. The largest absolute Gasteiger partial charge is 0.491 e. The molecule has 152 valence electrons. The van der Waals surface area contributed by atoms with Crippen LogP contribution in [0.25, 0.3) is 0 Å². The topological polar surface area (TPSA) is 91.3 Å². The van der Waals surface area contributed by atoms with Crippen LogP contribution in [0.3, 0.4) is 0 Å². The van der Waals surface area contributed by atoms with E-state index in [-0.39, 0.29) is 25.1 Å². The summed E-state index contributed by atoms with van der Waals surface area (Å²) in [5, 5.41) is 22.3. The molecule has 1 aromatic carbocycles. The van der Waals surface area contributed by atoms with Crippen LogP contribution in [0, 0.1) is 5.92 Å². The smallest absolute Gasteiger partial charge is 0.308 e. The average molecular weight is 380 g/mol. The minimum atomic E-state index is -0.578. The molecule has 0 saturated carbocycles. The molecule has 3 N–H and O–H groups in total. The highest BCUT2D eigenvalue weighted by molar-refractivity contribution is 5.72. The Balaban J connectivity index is 1.68. The average Bonchev–Trinajstić information content (AvgIpc) is 2.70. The number of β-amino-alcohol motifs (C(OH)–C–C–N with tert-alkyl or cyclic N) is 1. The predicted molar refractivity (Wildman–Crippen MR) is 103 cm³/mol. The number of nitrogens with zero attached hydrogens (tertiary/aromatic N) is 1. The lowest BCUT2D eigenvalue weighted by Gasteiger charge is -2.31. The molecule has 1 unspecified atom stereocenters. The van der Waals surface area contributed by atoms with Gasteiger partial charge >= 0.3 is 5.97 Å². The molecule has 1 aliphatic heterocycles. The molecule has 1 aliphatic rings. The molecule has 7 nitrogen and oxygen atoms in total. The van der Waals surface area contributed by atoms with Gasteiger partial charge in [0.2, 0.25) is 0 Å². The van der Waals surface area contributed by atoms with Crippen LogP contribution in [0.4, 0.5) is 0 Å². The highest BCUT2D eigenvalue weighted by Crippen LogP contribution is 2.19. The van der Waals surface area contributed by atoms with E-state index >= 15 is 0 Å². The van der Waals surface area contributed by atoms with E-state index in [9.17, 15) is 9.90 Å². The number of piperidine rings is 1. The van der Waals surface area contributed by atoms with Gasteiger partial charge in [-0.1, -0.05) is 12.1 Å². The van der Waals surface area contributed by atoms with E-state index in [0.717, 1.165) is 56.8 Å². The number of methoxy groups -OCH3 is 1. The summed E-state index contributed by atoms with van der Waals surface area (Å²) in [6.45, 7) is 4.02. The standard InChI is InChI=1S/C20H32N2O5/c1-26-20(25)17-6-9-22(10-7-17)14-18(24)15-27-19-5-2-4-16(12-19)13-21-8-3-11-23/h2,4-5,12,17-18,21,23-24H,3,6-11,13-15H2,1H3. The zero-order valence-electron chi connectivity index (χ0n) is 16.1. The Kier molecular flexibility index (Phi) is 9.55. The van der Waals surface area contributed by atoms with E-state index in [4.69, 9.17) is 14.6 Å². The number of esters is 1. The molecule has 0 spiro atoms. The van der Waals surface area contributed by atoms with Gasteiger partial charge in [0.15, 0.2) is 0 Å². The fourth-order valence-electron chi connectivity index (χ4n) is 3.24. The number of hydrogen-bond donors (Lipinski definition) is 3. The van der Waals surface area contributed by atoms with E-state index < -0.39 is 6.10 Å². The number of rotatable bonds is 11. The molecular formula is C20H32N2O5. The van der Waals surface area contributed by atoms with E-state index in [1.807, 2.05) is 24.3 Å². The molecule has 0 radical (unpaired) electrons. The van der Waals surface area contributed by atoms with Crippen LogP contribution in [0.1, 0.15) is 24.8 Å². The zero-order chi connectivity index (χ0) is 19.5. The fourth-order valence-corrected chi connectivity index (χ4v) is 3.24. The molecule has 0 bridgehead atoms. The first-order chi connectivity index (χ1) is 13.1. The summed E-state index contributed by atoms with van der Waals surface area (Å²) in [6, 6.07) is 7.79. The minimum absolute atomic E-state index is 0.0200. The first kappa shape index (κ1) is 21.6. The number of ether oxygens (including phenoxy) is 2. The van der Waals surface area contributed by atoms with Crippen molar-refractivity contribution in [2.45, 2.75) is 31.9 Å². The second-order valence-corrected chi connectivity index (χ2v) is 6.96. The van der Waals surface area contributed by atoms with Crippen LogP contribution in [-0.2, 0) is 16.1 Å². The van der Waals surface area contributed by atoms with Gasteiger partial charge < -0.3 is 29.9 Å². The van der Waals surface area contributed by atoms with E-state index in [1.54, 1.807) is 0 Å². The second kappa shape index (κ2) is 11.9. The Hall–Kier alpha value is -1.67. The quantitative estimate of drug-likeness (QED) is 0.386. The maximum absolute atomic E-state index is 11.6. The van der Waals surface area contributed by atoms with Crippen LogP contribution in [0.5, 0.6) is 5.75 Å². The molecule has 1 saturated heterocycles. The number of benzene rings is 1. The van der Waals surface area contributed by atoms with Crippen LogP contribution < -0.4 is 10.1 Å². The van der Waals surface area contributed by atoms with Crippen LogP contribution in [0.2, 0.25) is 0 Å². The SMILES string of the molecule is COC(=O)C1CCN(CC(O)COc2cccc(CNCCCO)c2)CC1. The highest BCUT2D eigenvalue weighted by Gasteiger charge is 2.26. The Morgan fingerprint density at radius 3 is 2.85 bits per heavy atom. The molecule has 1 heterocycles. The normalized spacial score (nSPS) is 16.9. The number of hydrogen-bond acceptors (Lipinski definition) is 7. The summed E-state index contributed by atoms with van der Waals surface area (Å²) >= 11 is 0. The molecule has 1 atom stereocenters. The predicted octanol–water partition coefficient (Wildman–Crippen LogP) is 0.783. The van der Waals surface area contributed by atoms with Crippen molar-refractivity contribution in [2.75, 3.05) is 46.5 Å². The maximum Gasteiger partial charge on any atom is 0.308 e. The molecule has 1 aromatic rings. The van der Waals surface area contributed by atoms with Crippen molar-refractivity contribution in [3.63, 3.8) is 0 Å². The number of nitrogens with one attached hydrogen (secondary N) is 1. The Labute approximate surface area is 161 Å². The number of aliphatic hydroxyl groups is 2. The first-order valence-electron chi connectivity index (χ1n) is 9.64. The Morgan fingerprint density at radius 1 is 1.37 bits per heavy atom. The molecule has 0 aliphatic carbocycles. The van der Waals surface area contributed by atoms with Crippen LogP contribution in [0.15, 0.2) is 24.3 Å². The number of aliphatic hydroxyl groups excluding tert-OH is 2. The molecule has 0 aromatic heterocycles. The van der Waals surface area contributed by atoms with Gasteiger partial charge in [-0.3, -0.25) is 4.79 Å². The van der Waals surface area contributed by atoms with E-state index in [0.29, 0.717) is 6.54 Å². The van der Waals surface area contributed by atoms with Crippen molar-refractivity contribution in [1.29, 1.82) is 0 Å². The van der Waals surface area contributed by atoms with Crippen LogP contribution in [-0.4, -0.2) is 73.7 Å². The molecule has 0 amide bonds. The Morgan fingerprint density at radius 2 is 2.15 bits per heavy atom. The maximum atomic E-state index is 11.6. The summed E-state index contributed by atoms with van der Waals surface area (Å²) in [4.78, 5) is 13.7. The van der Waals surface area contributed by atoms with Crippen molar-refractivity contribution >= 4 is 5.97 Å². The summed E-state index contributed by atoms with van der Waals surface area (Å²) in [6.07, 6.45) is 1.70. The fraction of sp³-hybridized carbons (Fsp3) is 0.650. The van der Waals surface area contributed by atoms with Crippen molar-refractivity contribution in [2.24, 2.45) is 5.92 Å². The molecular weight excluding hydrogens is 348 g/mol. The van der Waals surface area contributed by atoms with Gasteiger partial charge in [0, 0.05) is 19.7 Å². The van der Waals surface area contributed by atoms with Gasteiger partial charge in [-0.05, 0) is 56.6 Å². The van der Waals surface area contributed by atoms with Gasteiger partial charge in [-0.15, -0.1) is 0 Å². The van der Waals surface area contributed by atoms with Gasteiger partial charge in [-0.2, -0.15) is 0 Å². The summed E-state index contributed by atoms with van der Waals surface area (Å²) in [5.74, 6) is 0.581. The molecule has 2 rings (SSSR count). The van der Waals surface area contributed by atoms with E-state index in [1.165, 1.54) is 7.11 Å². The number of likely N-dealkylation sites (tertiary alicyclic amines) is 1. The first-order valence-corrected chi connectivity index (χ1v) is 9.64. The van der Waals surface area contributed by atoms with Crippen molar-refractivity contribution in [3.8, 4) is 5.75 Å². The van der Waals surface area contributed by atoms with Gasteiger partial charge in [0.25, 0.3) is 0 Å². The van der Waals surface area contributed by atoms with Gasteiger partial charge in [0.1, 0.15) is 18.5 Å². The lowest BCUT2D eigenvalue weighted by Crippen LogP contribution is -2.42. The number of carbonyl (C=O) groups is 1.